The number of benzene rings is 1. The Kier molecular flexibility index (Phi) is 7.41. The fraction of sp³-hybridized carbons (Fsp3) is 0.400. The van der Waals surface area contributed by atoms with Crippen LogP contribution in [0.25, 0.3) is 0 Å². The van der Waals surface area contributed by atoms with Crippen LogP contribution in [0.1, 0.15) is 11.1 Å². The second kappa shape index (κ2) is 9.99. The monoisotopic (exact) mass is 404 g/mol. The van der Waals surface area contributed by atoms with Crippen molar-refractivity contribution < 1.29 is 4.74 Å². The van der Waals surface area contributed by atoms with Crippen LogP contribution in [-0.4, -0.2) is 59.3 Å². The van der Waals surface area contributed by atoms with E-state index in [1.807, 2.05) is 49.6 Å². The van der Waals surface area contributed by atoms with E-state index in [1.54, 1.807) is 0 Å². The molecule has 144 valence electrons. The molecule has 0 amide bonds. The molecule has 0 radical (unpaired) electrons. The molecular weight excluding hydrogens is 380 g/mol. The molecule has 1 aromatic heterocycles. The largest absolute Gasteiger partial charge is 0.379 e. The Labute approximate surface area is 171 Å². The van der Waals surface area contributed by atoms with Crippen molar-refractivity contribution in [3.8, 4) is 0 Å². The molecule has 0 atom stereocenters. The number of nitrogens with one attached hydrogen (secondary N) is 1. The first-order chi connectivity index (χ1) is 13.1. The van der Waals surface area contributed by atoms with E-state index in [9.17, 15) is 0 Å². The van der Waals surface area contributed by atoms with Gasteiger partial charge in [0.15, 0.2) is 5.11 Å². The molecule has 2 heterocycles. The van der Waals surface area contributed by atoms with Crippen LogP contribution in [0.15, 0.2) is 42.7 Å². The molecule has 0 unspecified atom stereocenters. The Balaban J connectivity index is 1.67. The lowest BCUT2D eigenvalue weighted by Gasteiger charge is -2.31. The molecule has 1 saturated heterocycles. The fourth-order valence-corrected chi connectivity index (χ4v) is 3.51. The second-order valence-corrected chi connectivity index (χ2v) is 7.44. The molecular formula is C20H25ClN4OS. The zero-order valence-corrected chi connectivity index (χ0v) is 17.1. The molecule has 1 aliphatic rings. The van der Waals surface area contributed by atoms with Gasteiger partial charge in [0.2, 0.25) is 0 Å². The van der Waals surface area contributed by atoms with Crippen LogP contribution in [0.5, 0.6) is 0 Å². The van der Waals surface area contributed by atoms with Gasteiger partial charge in [-0.2, -0.15) is 0 Å². The number of aromatic nitrogens is 1. The van der Waals surface area contributed by atoms with Gasteiger partial charge in [-0.3, -0.25) is 9.88 Å². The van der Waals surface area contributed by atoms with Crippen LogP contribution >= 0.6 is 23.8 Å². The van der Waals surface area contributed by atoms with E-state index in [2.05, 4.69) is 20.1 Å². The normalized spacial score (nSPS) is 14.7. The summed E-state index contributed by atoms with van der Waals surface area (Å²) in [5.74, 6) is 0. The molecule has 0 aliphatic carbocycles. The summed E-state index contributed by atoms with van der Waals surface area (Å²) in [5, 5.41) is 4.66. The van der Waals surface area contributed by atoms with Gasteiger partial charge in [0.05, 0.1) is 23.9 Å². The van der Waals surface area contributed by atoms with Crippen LogP contribution in [0.2, 0.25) is 5.02 Å². The number of morpholine rings is 1. The minimum absolute atomic E-state index is 0.672. The van der Waals surface area contributed by atoms with Gasteiger partial charge in [-0.1, -0.05) is 17.7 Å². The molecule has 0 spiro atoms. The number of nitrogens with zero attached hydrogens (tertiary/aromatic N) is 3. The van der Waals surface area contributed by atoms with Gasteiger partial charge in [-0.15, -0.1) is 0 Å². The first kappa shape index (κ1) is 20.0. The lowest BCUT2D eigenvalue weighted by Crippen LogP contribution is -2.44. The highest BCUT2D eigenvalue weighted by Gasteiger charge is 2.16. The zero-order valence-electron chi connectivity index (χ0n) is 15.5. The van der Waals surface area contributed by atoms with E-state index >= 15 is 0 Å². The van der Waals surface area contributed by atoms with Crippen molar-refractivity contribution >= 4 is 34.6 Å². The van der Waals surface area contributed by atoms with Gasteiger partial charge in [0.25, 0.3) is 0 Å². The number of ether oxygens (including phenoxy) is 1. The highest BCUT2D eigenvalue weighted by Crippen LogP contribution is 2.23. The first-order valence-corrected chi connectivity index (χ1v) is 9.91. The number of pyridine rings is 1. The third kappa shape index (κ3) is 6.14. The van der Waals surface area contributed by atoms with Crippen molar-refractivity contribution in [2.45, 2.75) is 13.5 Å². The number of hydrogen-bond donors (Lipinski definition) is 1. The van der Waals surface area contributed by atoms with E-state index < -0.39 is 0 Å². The van der Waals surface area contributed by atoms with Gasteiger partial charge in [-0.05, 0) is 54.5 Å². The summed E-state index contributed by atoms with van der Waals surface area (Å²) in [7, 11) is 0. The number of hydrogen-bond acceptors (Lipinski definition) is 4. The standard InChI is InChI=1S/C20H25ClN4OS/c1-16-2-3-19(18(21)14-16)23-20(27)25(15-17-4-6-22-7-5-17)9-8-24-10-12-26-13-11-24/h2-7,14H,8-13,15H2,1H3,(H,23,27). The van der Waals surface area contributed by atoms with E-state index in [1.165, 1.54) is 5.56 Å². The molecule has 1 aromatic carbocycles. The van der Waals surface area contributed by atoms with Gasteiger partial charge in [0, 0.05) is 45.1 Å². The summed E-state index contributed by atoms with van der Waals surface area (Å²) in [5.41, 5.74) is 3.13. The topological polar surface area (TPSA) is 40.6 Å². The third-order valence-corrected chi connectivity index (χ3v) is 5.24. The molecule has 5 nitrogen and oxygen atoms in total. The summed E-state index contributed by atoms with van der Waals surface area (Å²) in [6.45, 7) is 8.04. The number of rotatable bonds is 6. The van der Waals surface area contributed by atoms with Crippen LogP contribution < -0.4 is 5.32 Å². The lowest BCUT2D eigenvalue weighted by atomic mass is 10.2. The van der Waals surface area contributed by atoms with Gasteiger partial charge in [-0.25, -0.2) is 0 Å². The fourth-order valence-electron chi connectivity index (χ4n) is 2.96. The molecule has 0 bridgehead atoms. The quantitative estimate of drug-likeness (QED) is 0.742. The van der Waals surface area contributed by atoms with Gasteiger partial charge >= 0.3 is 0 Å². The third-order valence-electron chi connectivity index (χ3n) is 4.57. The van der Waals surface area contributed by atoms with E-state index in [0.717, 1.165) is 57.2 Å². The van der Waals surface area contributed by atoms with Crippen molar-refractivity contribution in [1.29, 1.82) is 0 Å². The smallest absolute Gasteiger partial charge is 0.173 e. The molecule has 2 aromatic rings. The number of aryl methyl sites for hydroxylation is 1. The SMILES string of the molecule is Cc1ccc(NC(=S)N(CCN2CCOCC2)Cc2ccncc2)c(Cl)c1. The maximum atomic E-state index is 6.37. The predicted molar refractivity (Wildman–Crippen MR) is 114 cm³/mol. The van der Waals surface area contributed by atoms with Gasteiger partial charge < -0.3 is 15.0 Å². The summed E-state index contributed by atoms with van der Waals surface area (Å²) in [4.78, 5) is 8.68. The van der Waals surface area contributed by atoms with Crippen molar-refractivity contribution in [2.24, 2.45) is 0 Å². The van der Waals surface area contributed by atoms with Crippen LogP contribution in [-0.2, 0) is 11.3 Å². The Hall–Kier alpha value is -1.73. The van der Waals surface area contributed by atoms with Crippen molar-refractivity contribution in [3.63, 3.8) is 0 Å². The van der Waals surface area contributed by atoms with E-state index in [0.29, 0.717) is 10.1 Å². The molecule has 7 heteroatoms. The highest BCUT2D eigenvalue weighted by atomic mass is 35.5. The minimum Gasteiger partial charge on any atom is -0.379 e. The van der Waals surface area contributed by atoms with Crippen LogP contribution in [0.4, 0.5) is 5.69 Å². The molecule has 1 N–H and O–H groups in total. The molecule has 3 rings (SSSR count). The van der Waals surface area contributed by atoms with Crippen LogP contribution in [0.3, 0.4) is 0 Å². The molecule has 27 heavy (non-hydrogen) atoms. The molecule has 1 fully saturated rings. The average Bonchev–Trinajstić information content (AvgIpc) is 2.69. The Bertz CT molecular complexity index is 753. The second-order valence-electron chi connectivity index (χ2n) is 6.64. The maximum Gasteiger partial charge on any atom is 0.173 e. The molecule has 1 aliphatic heterocycles. The van der Waals surface area contributed by atoms with Crippen molar-refractivity contribution in [2.75, 3.05) is 44.7 Å². The average molecular weight is 405 g/mol. The maximum absolute atomic E-state index is 6.37. The summed E-state index contributed by atoms with van der Waals surface area (Å²) in [6, 6.07) is 9.97. The summed E-state index contributed by atoms with van der Waals surface area (Å²) >= 11 is 12.1. The van der Waals surface area contributed by atoms with E-state index in [4.69, 9.17) is 28.6 Å². The molecule has 0 saturated carbocycles. The number of anilines is 1. The summed E-state index contributed by atoms with van der Waals surface area (Å²) < 4.78 is 5.44. The Morgan fingerprint density at radius 1 is 1.26 bits per heavy atom. The van der Waals surface area contributed by atoms with Crippen molar-refractivity contribution in [3.05, 3.63) is 58.9 Å². The first-order valence-electron chi connectivity index (χ1n) is 9.13. The van der Waals surface area contributed by atoms with Crippen LogP contribution in [0, 0.1) is 6.92 Å². The minimum atomic E-state index is 0.672. The van der Waals surface area contributed by atoms with Gasteiger partial charge in [0.1, 0.15) is 0 Å². The zero-order chi connectivity index (χ0) is 19.1. The van der Waals surface area contributed by atoms with Crippen molar-refractivity contribution in [1.82, 2.24) is 14.8 Å². The lowest BCUT2D eigenvalue weighted by molar-refractivity contribution is 0.0358. The number of halogens is 1. The number of thiocarbonyl (C=S) groups is 1. The Morgan fingerprint density at radius 3 is 2.70 bits per heavy atom. The summed E-state index contributed by atoms with van der Waals surface area (Å²) in [6.07, 6.45) is 3.62. The highest BCUT2D eigenvalue weighted by molar-refractivity contribution is 7.80. The predicted octanol–water partition coefficient (Wildman–Crippen LogP) is 3.57. The Morgan fingerprint density at radius 2 is 2.00 bits per heavy atom. The van der Waals surface area contributed by atoms with E-state index in [-0.39, 0.29) is 0 Å².